The Morgan fingerprint density at radius 2 is 2.04 bits per heavy atom. The van der Waals surface area contributed by atoms with E-state index in [1.54, 1.807) is 0 Å². The van der Waals surface area contributed by atoms with Crippen LogP contribution in [0.1, 0.15) is 18.0 Å². The van der Waals surface area contributed by atoms with Crippen LogP contribution in [0.15, 0.2) is 42.5 Å². The van der Waals surface area contributed by atoms with Crippen LogP contribution in [0.4, 0.5) is 16.0 Å². The van der Waals surface area contributed by atoms with Gasteiger partial charge in [0.2, 0.25) is 17.8 Å². The fourth-order valence-electron chi connectivity index (χ4n) is 2.89. The van der Waals surface area contributed by atoms with Crippen molar-refractivity contribution in [3.63, 3.8) is 0 Å². The number of amides is 2. The molecule has 4 rings (SSSR count). The van der Waals surface area contributed by atoms with Gasteiger partial charge in [-0.15, -0.1) is 5.10 Å². The van der Waals surface area contributed by atoms with E-state index in [-0.39, 0.29) is 23.3 Å². The van der Waals surface area contributed by atoms with E-state index >= 15 is 0 Å². The highest BCUT2D eigenvalue weighted by atomic mass is 35.5. The predicted octanol–water partition coefficient (Wildman–Crippen LogP) is 3.57. The molecule has 3 aromatic rings. The van der Waals surface area contributed by atoms with Gasteiger partial charge < -0.3 is 5.32 Å². The number of fused-ring (bicyclic) bond motifs is 1. The van der Waals surface area contributed by atoms with Crippen LogP contribution in [-0.2, 0) is 9.59 Å². The number of aryl methyl sites for hydroxylation is 1. The molecular weight excluding hydrogens is 385 g/mol. The van der Waals surface area contributed by atoms with Crippen LogP contribution >= 0.6 is 11.6 Å². The van der Waals surface area contributed by atoms with Gasteiger partial charge in [-0.3, -0.25) is 14.9 Å². The number of carbonyl (C=O) groups excluding carboxylic acids is 2. The molecule has 0 fully saturated rings. The molecule has 142 valence electrons. The van der Waals surface area contributed by atoms with E-state index in [4.69, 9.17) is 11.6 Å². The van der Waals surface area contributed by atoms with Crippen LogP contribution in [-0.4, -0.2) is 26.6 Å². The van der Waals surface area contributed by atoms with Gasteiger partial charge in [0.25, 0.3) is 0 Å². The molecule has 0 saturated heterocycles. The van der Waals surface area contributed by atoms with Gasteiger partial charge >= 0.3 is 0 Å². The van der Waals surface area contributed by atoms with Gasteiger partial charge in [-0.25, -0.2) is 9.07 Å². The van der Waals surface area contributed by atoms with Crippen molar-refractivity contribution >= 4 is 35.1 Å². The zero-order valence-electron chi connectivity index (χ0n) is 14.7. The molecule has 1 aliphatic heterocycles. The van der Waals surface area contributed by atoms with Gasteiger partial charge in [-0.05, 0) is 25.1 Å². The van der Waals surface area contributed by atoms with Crippen LogP contribution < -0.4 is 10.6 Å². The van der Waals surface area contributed by atoms with Crippen LogP contribution in [0.5, 0.6) is 0 Å². The molecule has 9 heteroatoms. The second-order valence-corrected chi connectivity index (χ2v) is 6.86. The lowest BCUT2D eigenvalue weighted by Gasteiger charge is -2.22. The summed E-state index contributed by atoms with van der Waals surface area (Å²) in [6, 6.07) is 10.6. The monoisotopic (exact) mass is 399 g/mol. The Morgan fingerprint density at radius 3 is 2.75 bits per heavy atom. The molecule has 0 radical (unpaired) electrons. The zero-order chi connectivity index (χ0) is 19.8. The number of hydrogen-bond acceptors (Lipinski definition) is 4. The second-order valence-electron chi connectivity index (χ2n) is 6.46. The molecule has 28 heavy (non-hydrogen) atoms. The highest BCUT2D eigenvalue weighted by molar-refractivity contribution is 6.31. The van der Waals surface area contributed by atoms with Gasteiger partial charge in [-0.1, -0.05) is 41.4 Å². The van der Waals surface area contributed by atoms with Crippen molar-refractivity contribution in [1.29, 1.82) is 0 Å². The number of nitrogens with one attached hydrogen (secondary N) is 2. The van der Waals surface area contributed by atoms with Crippen molar-refractivity contribution in [2.45, 2.75) is 19.4 Å². The van der Waals surface area contributed by atoms with Crippen molar-refractivity contribution in [2.75, 3.05) is 10.6 Å². The summed E-state index contributed by atoms with van der Waals surface area (Å²) in [7, 11) is 0. The Kier molecular flexibility index (Phi) is 4.56. The maximum atomic E-state index is 13.3. The molecule has 2 aromatic carbocycles. The summed E-state index contributed by atoms with van der Waals surface area (Å²) < 4.78 is 14.7. The summed E-state index contributed by atoms with van der Waals surface area (Å²) in [4.78, 5) is 29.1. The Bertz CT molecular complexity index is 1080. The van der Waals surface area contributed by atoms with E-state index in [0.29, 0.717) is 11.5 Å². The van der Waals surface area contributed by atoms with Gasteiger partial charge in [0, 0.05) is 11.3 Å². The number of nitrogens with zero attached hydrogens (tertiary/aromatic N) is 3. The summed E-state index contributed by atoms with van der Waals surface area (Å²) in [5, 5.41) is 9.56. The fraction of sp³-hybridized carbons (Fsp3) is 0.158. The lowest BCUT2D eigenvalue weighted by atomic mass is 10.1. The molecule has 2 N–H and O–H groups in total. The summed E-state index contributed by atoms with van der Waals surface area (Å²) in [5.41, 5.74) is 2.19. The number of hydrogen-bond donors (Lipinski definition) is 2. The molecule has 0 aliphatic carbocycles. The van der Waals surface area contributed by atoms with Crippen LogP contribution in [0.2, 0.25) is 5.02 Å². The van der Waals surface area contributed by atoms with Gasteiger partial charge in [0.05, 0.1) is 11.4 Å². The molecule has 0 bridgehead atoms. The molecule has 0 saturated carbocycles. The Labute approximate surface area is 164 Å². The van der Waals surface area contributed by atoms with Crippen LogP contribution in [0.25, 0.3) is 11.4 Å². The summed E-state index contributed by atoms with van der Waals surface area (Å²) in [5.74, 6) is -0.797. The Balaban J connectivity index is 1.63. The SMILES string of the molecule is Cc1ccc(-c2nc3n(n2)C(C(=O)Nc2ccc(F)c(Cl)c2)CC(=O)N3)cc1. The van der Waals surface area contributed by atoms with E-state index in [2.05, 4.69) is 20.7 Å². The van der Waals surface area contributed by atoms with Gasteiger partial charge in [0.1, 0.15) is 11.9 Å². The number of aromatic nitrogens is 3. The maximum absolute atomic E-state index is 13.3. The molecule has 7 nitrogen and oxygen atoms in total. The number of carbonyl (C=O) groups is 2. The molecule has 1 atom stereocenters. The normalized spacial score (nSPS) is 15.7. The van der Waals surface area contributed by atoms with Crippen molar-refractivity contribution in [3.8, 4) is 11.4 Å². The standard InChI is InChI=1S/C19H15ClFN5O2/c1-10-2-4-11(5-3-10)17-24-19-23-16(27)9-15(26(19)25-17)18(28)22-12-6-7-14(21)13(20)8-12/h2-8,15H,9H2,1H3,(H,22,28)(H,23,24,25,27). The number of halogens is 2. The first kappa shape index (κ1) is 18.1. The molecular formula is C19H15ClFN5O2. The minimum atomic E-state index is -0.890. The molecule has 0 spiro atoms. The Morgan fingerprint density at radius 1 is 1.29 bits per heavy atom. The van der Waals surface area contributed by atoms with E-state index in [1.807, 2.05) is 31.2 Å². The Hall–Kier alpha value is -3.26. The van der Waals surface area contributed by atoms with Crippen molar-refractivity contribution in [3.05, 3.63) is 58.9 Å². The minimum Gasteiger partial charge on any atom is -0.324 e. The number of anilines is 2. The summed E-state index contributed by atoms with van der Waals surface area (Å²) >= 11 is 5.75. The smallest absolute Gasteiger partial charge is 0.249 e. The van der Waals surface area contributed by atoms with Crippen molar-refractivity contribution in [1.82, 2.24) is 14.8 Å². The minimum absolute atomic E-state index is 0.0928. The van der Waals surface area contributed by atoms with Crippen LogP contribution in [0.3, 0.4) is 0 Å². The molecule has 1 aliphatic rings. The first-order chi connectivity index (χ1) is 13.4. The lowest BCUT2D eigenvalue weighted by Crippen LogP contribution is -2.36. The maximum Gasteiger partial charge on any atom is 0.249 e. The van der Waals surface area contributed by atoms with Crippen LogP contribution in [0, 0.1) is 12.7 Å². The molecule has 2 heterocycles. The third-order valence-electron chi connectivity index (χ3n) is 4.36. The first-order valence-electron chi connectivity index (χ1n) is 8.50. The second kappa shape index (κ2) is 7.05. The average molecular weight is 400 g/mol. The number of rotatable bonds is 3. The third-order valence-corrected chi connectivity index (χ3v) is 4.65. The molecule has 1 unspecified atom stereocenters. The fourth-order valence-corrected chi connectivity index (χ4v) is 3.07. The van der Waals surface area contributed by atoms with Gasteiger partial charge in [-0.2, -0.15) is 4.98 Å². The van der Waals surface area contributed by atoms with Gasteiger partial charge in [0.15, 0.2) is 5.82 Å². The summed E-state index contributed by atoms with van der Waals surface area (Å²) in [6.07, 6.45) is -0.0928. The topological polar surface area (TPSA) is 88.9 Å². The quantitative estimate of drug-likeness (QED) is 0.704. The van der Waals surface area contributed by atoms with E-state index in [0.717, 1.165) is 17.2 Å². The largest absolute Gasteiger partial charge is 0.324 e. The highest BCUT2D eigenvalue weighted by Gasteiger charge is 2.33. The van der Waals surface area contributed by atoms with E-state index < -0.39 is 17.8 Å². The van der Waals surface area contributed by atoms with Crippen molar-refractivity contribution < 1.29 is 14.0 Å². The molecule has 1 aromatic heterocycles. The lowest BCUT2D eigenvalue weighted by molar-refractivity contribution is -0.125. The van der Waals surface area contributed by atoms with Crippen molar-refractivity contribution in [2.24, 2.45) is 0 Å². The third kappa shape index (κ3) is 3.46. The zero-order valence-corrected chi connectivity index (χ0v) is 15.5. The van der Waals surface area contributed by atoms with E-state index in [1.165, 1.54) is 16.8 Å². The average Bonchev–Trinajstić information content (AvgIpc) is 3.08. The highest BCUT2D eigenvalue weighted by Crippen LogP contribution is 2.28. The van der Waals surface area contributed by atoms with E-state index in [9.17, 15) is 14.0 Å². The molecule has 2 amide bonds. The summed E-state index contributed by atoms with van der Waals surface area (Å²) in [6.45, 7) is 1.97. The predicted molar refractivity (Wildman–Crippen MR) is 103 cm³/mol. The first-order valence-corrected chi connectivity index (χ1v) is 8.88. The number of benzene rings is 2.